The zero-order chi connectivity index (χ0) is 14.8. The summed E-state index contributed by atoms with van der Waals surface area (Å²) in [6, 6.07) is 0.261. The first-order valence-corrected chi connectivity index (χ1v) is 8.19. The molecule has 0 unspecified atom stereocenters. The van der Waals surface area contributed by atoms with Crippen LogP contribution in [0.3, 0.4) is 0 Å². The van der Waals surface area contributed by atoms with Crippen molar-refractivity contribution in [2.24, 2.45) is 0 Å². The number of rotatable bonds is 4. The number of likely N-dealkylation sites (tertiary alicyclic amines) is 1. The molecule has 1 fully saturated rings. The Morgan fingerprint density at radius 2 is 2.33 bits per heavy atom. The fourth-order valence-electron chi connectivity index (χ4n) is 2.88. The third-order valence-electron chi connectivity index (χ3n) is 3.86. The third kappa shape index (κ3) is 3.32. The third-order valence-corrected chi connectivity index (χ3v) is 4.68. The van der Waals surface area contributed by atoms with E-state index in [2.05, 4.69) is 10.1 Å². The Kier molecular flexibility index (Phi) is 4.05. The van der Waals surface area contributed by atoms with Gasteiger partial charge < -0.3 is 4.90 Å². The molecular formula is C15H20N4OS. The van der Waals surface area contributed by atoms with E-state index in [0.29, 0.717) is 6.42 Å². The molecule has 21 heavy (non-hydrogen) atoms. The van der Waals surface area contributed by atoms with Crippen molar-refractivity contribution in [2.75, 3.05) is 6.54 Å². The van der Waals surface area contributed by atoms with Gasteiger partial charge in [-0.3, -0.25) is 9.48 Å². The molecule has 1 amide bonds. The van der Waals surface area contributed by atoms with Crippen molar-refractivity contribution in [1.82, 2.24) is 19.7 Å². The predicted molar refractivity (Wildman–Crippen MR) is 82.3 cm³/mol. The molecule has 1 saturated heterocycles. The maximum Gasteiger partial charge on any atom is 0.228 e. The van der Waals surface area contributed by atoms with Gasteiger partial charge in [0.1, 0.15) is 0 Å². The molecule has 112 valence electrons. The smallest absolute Gasteiger partial charge is 0.228 e. The van der Waals surface area contributed by atoms with Crippen LogP contribution < -0.4 is 0 Å². The molecule has 2 aromatic rings. The average molecular weight is 304 g/mol. The molecule has 1 atom stereocenters. The van der Waals surface area contributed by atoms with Crippen LogP contribution >= 0.6 is 11.3 Å². The van der Waals surface area contributed by atoms with Crippen LogP contribution in [-0.4, -0.2) is 38.2 Å². The molecule has 0 radical (unpaired) electrons. The summed E-state index contributed by atoms with van der Waals surface area (Å²) in [6.45, 7) is 5.64. The molecule has 0 bridgehead atoms. The Morgan fingerprint density at radius 1 is 1.48 bits per heavy atom. The van der Waals surface area contributed by atoms with Crippen molar-refractivity contribution in [3.63, 3.8) is 0 Å². The first kappa shape index (κ1) is 14.3. The Morgan fingerprint density at radius 3 is 3.00 bits per heavy atom. The lowest BCUT2D eigenvalue weighted by Crippen LogP contribution is -2.39. The highest BCUT2D eigenvalue weighted by atomic mass is 32.1. The normalized spacial score (nSPS) is 18.4. The van der Waals surface area contributed by atoms with Gasteiger partial charge in [-0.15, -0.1) is 11.3 Å². The van der Waals surface area contributed by atoms with Gasteiger partial charge in [-0.05, 0) is 32.3 Å². The molecular weight excluding hydrogens is 284 g/mol. The first-order chi connectivity index (χ1) is 10.1. The number of carbonyl (C=O) groups is 1. The number of hydrogen-bond acceptors (Lipinski definition) is 4. The van der Waals surface area contributed by atoms with Gasteiger partial charge >= 0.3 is 0 Å². The number of nitrogens with zero attached hydrogens (tertiary/aromatic N) is 4. The lowest BCUT2D eigenvalue weighted by molar-refractivity contribution is -0.131. The van der Waals surface area contributed by atoms with Gasteiger partial charge in [0.15, 0.2) is 0 Å². The van der Waals surface area contributed by atoms with Crippen LogP contribution in [0.4, 0.5) is 0 Å². The average Bonchev–Trinajstić information content (AvgIpc) is 3.13. The Labute approximate surface area is 128 Å². The molecule has 0 aromatic carbocycles. The highest BCUT2D eigenvalue weighted by Gasteiger charge is 2.29. The molecule has 1 aliphatic heterocycles. The molecule has 1 aliphatic rings. The molecule has 0 spiro atoms. The van der Waals surface area contributed by atoms with Crippen molar-refractivity contribution in [1.29, 1.82) is 0 Å². The Bertz CT molecular complexity index is 633. The van der Waals surface area contributed by atoms with E-state index in [-0.39, 0.29) is 11.9 Å². The molecule has 0 saturated carbocycles. The molecule has 3 heterocycles. The van der Waals surface area contributed by atoms with Gasteiger partial charge in [-0.25, -0.2) is 4.98 Å². The maximum absolute atomic E-state index is 12.5. The molecule has 0 aliphatic carbocycles. The minimum atomic E-state index is 0.187. The summed E-state index contributed by atoms with van der Waals surface area (Å²) in [5.74, 6) is 0.187. The topological polar surface area (TPSA) is 51.0 Å². The second-order valence-electron chi connectivity index (χ2n) is 5.66. The van der Waals surface area contributed by atoms with E-state index < -0.39 is 0 Å². The van der Waals surface area contributed by atoms with Crippen molar-refractivity contribution in [3.8, 4) is 0 Å². The quantitative estimate of drug-likeness (QED) is 0.870. The van der Waals surface area contributed by atoms with Gasteiger partial charge in [-0.1, -0.05) is 0 Å². The lowest BCUT2D eigenvalue weighted by Gasteiger charge is -2.24. The molecule has 0 N–H and O–H groups in total. The van der Waals surface area contributed by atoms with Crippen LogP contribution in [0.15, 0.2) is 17.8 Å². The van der Waals surface area contributed by atoms with Gasteiger partial charge in [0.2, 0.25) is 5.91 Å². The van der Waals surface area contributed by atoms with Crippen LogP contribution in [0, 0.1) is 13.8 Å². The zero-order valence-electron chi connectivity index (χ0n) is 12.5. The maximum atomic E-state index is 12.5. The number of aryl methyl sites for hydroxylation is 2. The summed E-state index contributed by atoms with van der Waals surface area (Å²) < 4.78 is 1.94. The number of thiazole rings is 1. The van der Waals surface area contributed by atoms with Crippen molar-refractivity contribution in [2.45, 2.75) is 45.7 Å². The van der Waals surface area contributed by atoms with Crippen LogP contribution in [0.25, 0.3) is 0 Å². The summed E-state index contributed by atoms with van der Waals surface area (Å²) in [5, 5.41) is 7.33. The van der Waals surface area contributed by atoms with Gasteiger partial charge in [0, 0.05) is 18.1 Å². The molecule has 2 aromatic heterocycles. The highest BCUT2D eigenvalue weighted by molar-refractivity contribution is 7.09. The number of hydrogen-bond donors (Lipinski definition) is 0. The van der Waals surface area contributed by atoms with E-state index in [1.54, 1.807) is 11.3 Å². The number of carbonyl (C=O) groups excluding carboxylic acids is 1. The van der Waals surface area contributed by atoms with Gasteiger partial charge in [0.05, 0.1) is 35.9 Å². The first-order valence-electron chi connectivity index (χ1n) is 7.31. The van der Waals surface area contributed by atoms with E-state index in [9.17, 15) is 4.79 Å². The SMILES string of the molecule is Cc1cnn(C[C@@H]2CCCN2C(=O)Cc2csc(C)n2)c1. The van der Waals surface area contributed by atoms with Crippen molar-refractivity contribution in [3.05, 3.63) is 34.0 Å². The Balaban J connectivity index is 1.64. The van der Waals surface area contributed by atoms with Crippen LogP contribution in [0.2, 0.25) is 0 Å². The number of amides is 1. The largest absolute Gasteiger partial charge is 0.338 e. The molecule has 3 rings (SSSR count). The van der Waals surface area contributed by atoms with Gasteiger partial charge in [0.25, 0.3) is 0 Å². The van der Waals surface area contributed by atoms with E-state index in [1.807, 2.05) is 41.2 Å². The van der Waals surface area contributed by atoms with Crippen LogP contribution in [0.5, 0.6) is 0 Å². The summed E-state index contributed by atoms with van der Waals surface area (Å²) in [6.07, 6.45) is 6.44. The van der Waals surface area contributed by atoms with E-state index in [4.69, 9.17) is 0 Å². The van der Waals surface area contributed by atoms with E-state index in [0.717, 1.165) is 42.2 Å². The van der Waals surface area contributed by atoms with E-state index in [1.165, 1.54) is 0 Å². The zero-order valence-corrected chi connectivity index (χ0v) is 13.3. The summed E-state index contributed by atoms with van der Waals surface area (Å²) in [4.78, 5) is 18.9. The second kappa shape index (κ2) is 5.97. The number of aromatic nitrogens is 3. The highest BCUT2D eigenvalue weighted by Crippen LogP contribution is 2.20. The summed E-state index contributed by atoms with van der Waals surface area (Å²) >= 11 is 1.60. The minimum Gasteiger partial charge on any atom is -0.338 e. The Hall–Kier alpha value is -1.69. The fraction of sp³-hybridized carbons (Fsp3) is 0.533. The van der Waals surface area contributed by atoms with Crippen molar-refractivity contribution >= 4 is 17.2 Å². The summed E-state index contributed by atoms with van der Waals surface area (Å²) in [7, 11) is 0. The lowest BCUT2D eigenvalue weighted by atomic mass is 10.2. The van der Waals surface area contributed by atoms with Crippen LogP contribution in [0.1, 0.15) is 29.1 Å². The van der Waals surface area contributed by atoms with E-state index >= 15 is 0 Å². The predicted octanol–water partition coefficient (Wildman–Crippen LogP) is 2.19. The fourth-order valence-corrected chi connectivity index (χ4v) is 3.50. The van der Waals surface area contributed by atoms with Crippen LogP contribution in [-0.2, 0) is 17.8 Å². The van der Waals surface area contributed by atoms with Crippen molar-refractivity contribution < 1.29 is 4.79 Å². The second-order valence-corrected chi connectivity index (χ2v) is 6.72. The van der Waals surface area contributed by atoms with Gasteiger partial charge in [-0.2, -0.15) is 5.10 Å². The molecule has 6 heteroatoms. The monoisotopic (exact) mass is 304 g/mol. The minimum absolute atomic E-state index is 0.187. The standard InChI is InChI=1S/C15H20N4OS/c1-11-7-16-18(8-11)9-14-4-3-5-19(14)15(20)6-13-10-21-12(2)17-13/h7-8,10,14H,3-6,9H2,1-2H3/t14-/m0/s1. The molecule has 5 nitrogen and oxygen atoms in total. The summed E-state index contributed by atoms with van der Waals surface area (Å²) in [5.41, 5.74) is 2.05.